The number of benzene rings is 3. The number of nitrogens with zero attached hydrogens (tertiary/aromatic N) is 2. The maximum Gasteiger partial charge on any atom is 0.251 e. The number of aromatic nitrogens is 2. The minimum absolute atomic E-state index is 0.0639. The minimum Gasteiger partial charge on any atom is -0.491 e. The summed E-state index contributed by atoms with van der Waals surface area (Å²) < 4.78 is 8.33. The summed E-state index contributed by atoms with van der Waals surface area (Å²) in [7, 11) is 0. The molecule has 0 bridgehead atoms. The number of carbonyl (C=O) groups is 1. The molecule has 3 aromatic carbocycles. The zero-order valence-electron chi connectivity index (χ0n) is 18.9. The van der Waals surface area contributed by atoms with Crippen molar-refractivity contribution in [2.75, 3.05) is 13.2 Å². The summed E-state index contributed by atoms with van der Waals surface area (Å²) in [5, 5.41) is 3.01. The molecule has 0 unspecified atom stereocenters. The Morgan fingerprint density at radius 3 is 2.41 bits per heavy atom. The summed E-state index contributed by atoms with van der Waals surface area (Å²) in [6.45, 7) is 7.91. The van der Waals surface area contributed by atoms with Crippen molar-refractivity contribution < 1.29 is 9.53 Å². The fourth-order valence-corrected chi connectivity index (χ4v) is 3.93. The van der Waals surface area contributed by atoms with Crippen molar-refractivity contribution >= 4 is 16.9 Å². The van der Waals surface area contributed by atoms with Gasteiger partial charge < -0.3 is 14.6 Å². The first-order chi connectivity index (χ1) is 15.5. The Morgan fingerprint density at radius 2 is 1.66 bits per heavy atom. The standard InChI is InChI=1S/C27H29N3O2/c1-19-11-13-22(14-12-19)27(31)28-16-15-25-29-23-9-4-5-10-24(23)30(25)17-18-32-26-20(2)7-6-8-21(26)3/h4-14H,15-18H2,1-3H3,(H,28,31). The highest BCUT2D eigenvalue weighted by Crippen LogP contribution is 2.23. The second kappa shape index (κ2) is 9.69. The molecule has 32 heavy (non-hydrogen) atoms. The molecule has 164 valence electrons. The van der Waals surface area contributed by atoms with Gasteiger partial charge in [0, 0.05) is 18.5 Å². The molecule has 1 N–H and O–H groups in total. The van der Waals surface area contributed by atoms with Gasteiger partial charge in [-0.15, -0.1) is 0 Å². The van der Waals surface area contributed by atoms with Gasteiger partial charge in [0.25, 0.3) is 5.91 Å². The molecule has 1 amide bonds. The van der Waals surface area contributed by atoms with E-state index in [-0.39, 0.29) is 5.91 Å². The SMILES string of the molecule is Cc1ccc(C(=O)NCCc2nc3ccccc3n2CCOc2c(C)cccc2C)cc1. The van der Waals surface area contributed by atoms with E-state index in [2.05, 4.69) is 41.9 Å². The van der Waals surface area contributed by atoms with Crippen LogP contribution in [0.15, 0.2) is 66.7 Å². The van der Waals surface area contributed by atoms with E-state index in [1.807, 2.05) is 55.5 Å². The number of nitrogens with one attached hydrogen (secondary N) is 1. The lowest BCUT2D eigenvalue weighted by Gasteiger charge is -2.14. The molecule has 4 rings (SSSR count). The van der Waals surface area contributed by atoms with Crippen LogP contribution in [0.4, 0.5) is 0 Å². The van der Waals surface area contributed by atoms with Crippen LogP contribution in [0.1, 0.15) is 32.9 Å². The predicted octanol–water partition coefficient (Wildman–Crippen LogP) is 5.01. The van der Waals surface area contributed by atoms with Crippen molar-refractivity contribution in [3.63, 3.8) is 0 Å². The van der Waals surface area contributed by atoms with E-state index >= 15 is 0 Å². The van der Waals surface area contributed by atoms with Crippen LogP contribution in [0.5, 0.6) is 5.75 Å². The van der Waals surface area contributed by atoms with Crippen molar-refractivity contribution in [3.8, 4) is 5.75 Å². The molecule has 4 aromatic rings. The number of hydrogen-bond donors (Lipinski definition) is 1. The molecule has 1 aromatic heterocycles. The Morgan fingerprint density at radius 1 is 0.938 bits per heavy atom. The average molecular weight is 428 g/mol. The molecule has 0 aliphatic heterocycles. The van der Waals surface area contributed by atoms with E-state index in [1.165, 1.54) is 0 Å². The van der Waals surface area contributed by atoms with Crippen LogP contribution in [0.2, 0.25) is 0 Å². The van der Waals surface area contributed by atoms with Crippen molar-refractivity contribution in [1.82, 2.24) is 14.9 Å². The van der Waals surface area contributed by atoms with Gasteiger partial charge in [0.15, 0.2) is 0 Å². The lowest BCUT2D eigenvalue weighted by Crippen LogP contribution is -2.26. The number of amides is 1. The Labute approximate surface area is 189 Å². The zero-order valence-corrected chi connectivity index (χ0v) is 18.9. The largest absolute Gasteiger partial charge is 0.491 e. The first-order valence-electron chi connectivity index (χ1n) is 11.0. The van der Waals surface area contributed by atoms with Gasteiger partial charge in [-0.05, 0) is 56.2 Å². The van der Waals surface area contributed by atoms with Crippen LogP contribution in [0, 0.1) is 20.8 Å². The Bertz CT molecular complexity index is 1210. The van der Waals surface area contributed by atoms with Gasteiger partial charge in [-0.25, -0.2) is 4.98 Å². The molecule has 5 nitrogen and oxygen atoms in total. The average Bonchev–Trinajstić information content (AvgIpc) is 3.13. The first kappa shape index (κ1) is 21.6. The van der Waals surface area contributed by atoms with Gasteiger partial charge >= 0.3 is 0 Å². The van der Waals surface area contributed by atoms with Crippen LogP contribution in [-0.4, -0.2) is 28.6 Å². The summed E-state index contributed by atoms with van der Waals surface area (Å²) in [4.78, 5) is 17.2. The highest BCUT2D eigenvalue weighted by molar-refractivity contribution is 5.94. The Hall–Kier alpha value is -3.60. The number of fused-ring (bicyclic) bond motifs is 1. The van der Waals surface area contributed by atoms with E-state index in [1.54, 1.807) is 0 Å². The number of imidazole rings is 1. The fraction of sp³-hybridized carbons (Fsp3) is 0.259. The highest BCUT2D eigenvalue weighted by atomic mass is 16.5. The summed E-state index contributed by atoms with van der Waals surface area (Å²) >= 11 is 0. The van der Waals surface area contributed by atoms with Crippen LogP contribution in [0.3, 0.4) is 0 Å². The molecule has 5 heteroatoms. The molecule has 0 fully saturated rings. The highest BCUT2D eigenvalue weighted by Gasteiger charge is 2.12. The Balaban J connectivity index is 1.44. The van der Waals surface area contributed by atoms with Gasteiger partial charge in [0.2, 0.25) is 0 Å². The summed E-state index contributed by atoms with van der Waals surface area (Å²) in [5.41, 5.74) is 6.13. The molecule has 0 saturated heterocycles. The smallest absolute Gasteiger partial charge is 0.251 e. The molecule has 0 radical (unpaired) electrons. The summed E-state index contributed by atoms with van der Waals surface area (Å²) in [5.74, 6) is 1.83. The van der Waals surface area contributed by atoms with Gasteiger partial charge in [-0.1, -0.05) is 48.0 Å². The quantitative estimate of drug-likeness (QED) is 0.430. The predicted molar refractivity (Wildman–Crippen MR) is 128 cm³/mol. The number of para-hydroxylation sites is 3. The molecule has 0 aliphatic rings. The first-order valence-corrected chi connectivity index (χ1v) is 11.0. The molecule has 1 heterocycles. The molecule has 0 spiro atoms. The van der Waals surface area contributed by atoms with E-state index in [4.69, 9.17) is 9.72 Å². The van der Waals surface area contributed by atoms with Gasteiger partial charge in [0.1, 0.15) is 18.2 Å². The van der Waals surface area contributed by atoms with Crippen LogP contribution in [-0.2, 0) is 13.0 Å². The van der Waals surface area contributed by atoms with Gasteiger partial charge in [-0.2, -0.15) is 0 Å². The van der Waals surface area contributed by atoms with Crippen molar-refractivity contribution in [2.45, 2.75) is 33.7 Å². The maximum absolute atomic E-state index is 12.4. The molecule has 0 aliphatic carbocycles. The zero-order chi connectivity index (χ0) is 22.5. The maximum atomic E-state index is 12.4. The monoisotopic (exact) mass is 427 g/mol. The number of aryl methyl sites for hydroxylation is 3. The van der Waals surface area contributed by atoms with E-state index in [9.17, 15) is 4.79 Å². The third kappa shape index (κ3) is 4.83. The topological polar surface area (TPSA) is 56.2 Å². The normalized spacial score (nSPS) is 11.0. The van der Waals surface area contributed by atoms with Crippen molar-refractivity contribution in [1.29, 1.82) is 0 Å². The second-order valence-corrected chi connectivity index (χ2v) is 8.11. The minimum atomic E-state index is -0.0639. The van der Waals surface area contributed by atoms with E-state index in [0.29, 0.717) is 31.7 Å². The lowest BCUT2D eigenvalue weighted by molar-refractivity contribution is 0.0954. The number of hydrogen-bond acceptors (Lipinski definition) is 3. The van der Waals surface area contributed by atoms with E-state index < -0.39 is 0 Å². The number of carbonyl (C=O) groups excluding carboxylic acids is 1. The molecular formula is C27H29N3O2. The van der Waals surface area contributed by atoms with Crippen LogP contribution < -0.4 is 10.1 Å². The fourth-order valence-electron chi connectivity index (χ4n) is 3.93. The van der Waals surface area contributed by atoms with Gasteiger partial charge in [-0.3, -0.25) is 4.79 Å². The molecular weight excluding hydrogens is 398 g/mol. The van der Waals surface area contributed by atoms with Crippen LogP contribution in [0.25, 0.3) is 11.0 Å². The Kier molecular flexibility index (Phi) is 6.55. The molecule has 0 saturated carbocycles. The molecule has 0 atom stereocenters. The second-order valence-electron chi connectivity index (χ2n) is 8.11. The third-order valence-corrected chi connectivity index (χ3v) is 5.65. The number of ether oxygens (including phenoxy) is 1. The summed E-state index contributed by atoms with van der Waals surface area (Å²) in [6.07, 6.45) is 0.648. The van der Waals surface area contributed by atoms with Crippen LogP contribution >= 0.6 is 0 Å². The number of rotatable bonds is 8. The van der Waals surface area contributed by atoms with Gasteiger partial charge in [0.05, 0.1) is 17.6 Å². The third-order valence-electron chi connectivity index (χ3n) is 5.65. The van der Waals surface area contributed by atoms with Crippen molar-refractivity contribution in [2.24, 2.45) is 0 Å². The lowest BCUT2D eigenvalue weighted by atomic mass is 10.1. The van der Waals surface area contributed by atoms with Crippen molar-refractivity contribution in [3.05, 3.63) is 94.8 Å². The summed E-state index contributed by atoms with van der Waals surface area (Å²) in [6, 6.07) is 21.9. The van der Waals surface area contributed by atoms with E-state index in [0.717, 1.165) is 39.3 Å².